The van der Waals surface area contributed by atoms with Crippen molar-refractivity contribution in [3.8, 4) is 0 Å². The predicted octanol–water partition coefficient (Wildman–Crippen LogP) is 3.27. The lowest BCUT2D eigenvalue weighted by atomic mass is 9.92. The van der Waals surface area contributed by atoms with E-state index in [1.807, 2.05) is 12.1 Å². The molecule has 0 spiro atoms. The van der Waals surface area contributed by atoms with Gasteiger partial charge < -0.3 is 5.32 Å². The Labute approximate surface area is 174 Å². The quantitative estimate of drug-likeness (QED) is 0.774. The monoisotopic (exact) mass is 416 g/mol. The van der Waals surface area contributed by atoms with E-state index >= 15 is 0 Å². The molecule has 5 rings (SSSR count). The zero-order chi connectivity index (χ0) is 20.0. The molecule has 3 aliphatic carbocycles. The Morgan fingerprint density at radius 3 is 2.17 bits per heavy atom. The number of sulfonamides is 1. The van der Waals surface area contributed by atoms with E-state index in [4.69, 9.17) is 0 Å². The van der Waals surface area contributed by atoms with Crippen molar-refractivity contribution in [3.05, 3.63) is 29.3 Å². The highest BCUT2D eigenvalue weighted by molar-refractivity contribution is 7.89. The highest BCUT2D eigenvalue weighted by Crippen LogP contribution is 2.44. The number of piperidine rings is 1. The highest BCUT2D eigenvalue weighted by atomic mass is 32.2. The molecule has 1 amide bonds. The molecular formula is C23H32N2O3S. The molecule has 1 aliphatic heterocycles. The van der Waals surface area contributed by atoms with Crippen molar-refractivity contribution >= 4 is 15.9 Å². The molecule has 2 saturated carbocycles. The van der Waals surface area contributed by atoms with E-state index in [-0.39, 0.29) is 11.8 Å². The number of nitrogens with one attached hydrogen (secondary N) is 1. The summed E-state index contributed by atoms with van der Waals surface area (Å²) in [6, 6.07) is 6.03. The first kappa shape index (κ1) is 19.6. The highest BCUT2D eigenvalue weighted by Gasteiger charge is 2.43. The second-order valence-corrected chi connectivity index (χ2v) is 11.5. The Morgan fingerprint density at radius 2 is 1.55 bits per heavy atom. The Kier molecular flexibility index (Phi) is 5.19. The van der Waals surface area contributed by atoms with Crippen molar-refractivity contribution in [2.24, 2.45) is 17.8 Å². The fourth-order valence-electron chi connectivity index (χ4n) is 5.19. The second-order valence-electron chi connectivity index (χ2n) is 9.53. The molecule has 3 fully saturated rings. The third kappa shape index (κ3) is 4.11. The van der Waals surface area contributed by atoms with Gasteiger partial charge in [-0.2, -0.15) is 4.31 Å². The van der Waals surface area contributed by atoms with Gasteiger partial charge >= 0.3 is 0 Å². The largest absolute Gasteiger partial charge is 0.353 e. The van der Waals surface area contributed by atoms with Crippen LogP contribution in [0.1, 0.15) is 62.5 Å². The maximum absolute atomic E-state index is 13.1. The van der Waals surface area contributed by atoms with Crippen molar-refractivity contribution < 1.29 is 13.2 Å². The first-order chi connectivity index (χ1) is 14.0. The van der Waals surface area contributed by atoms with Crippen LogP contribution >= 0.6 is 0 Å². The number of rotatable bonds is 6. The molecule has 0 atom stereocenters. The normalized spacial score (nSPS) is 23.8. The molecular weight excluding hydrogens is 384 g/mol. The second kappa shape index (κ2) is 7.69. The smallest absolute Gasteiger partial charge is 0.243 e. The van der Waals surface area contributed by atoms with Crippen molar-refractivity contribution in [1.29, 1.82) is 0 Å². The number of nitrogens with zero attached hydrogens (tertiary/aromatic N) is 1. The molecule has 1 heterocycles. The van der Waals surface area contributed by atoms with E-state index in [9.17, 15) is 13.2 Å². The van der Waals surface area contributed by atoms with Gasteiger partial charge in [-0.15, -0.1) is 0 Å². The van der Waals surface area contributed by atoms with Crippen LogP contribution in [0.15, 0.2) is 23.1 Å². The lowest BCUT2D eigenvalue weighted by Gasteiger charge is -2.32. The Balaban J connectivity index is 1.21. The van der Waals surface area contributed by atoms with Crippen LogP contribution in [0, 0.1) is 17.8 Å². The molecule has 29 heavy (non-hydrogen) atoms. The topological polar surface area (TPSA) is 66.5 Å². The molecule has 1 aromatic rings. The fourth-order valence-corrected chi connectivity index (χ4v) is 6.71. The van der Waals surface area contributed by atoms with Crippen LogP contribution in [0.3, 0.4) is 0 Å². The van der Waals surface area contributed by atoms with Crippen LogP contribution in [0.4, 0.5) is 0 Å². The van der Waals surface area contributed by atoms with Crippen LogP contribution in [0.2, 0.25) is 0 Å². The summed E-state index contributed by atoms with van der Waals surface area (Å²) >= 11 is 0. The maximum atomic E-state index is 13.1. The van der Waals surface area contributed by atoms with E-state index in [2.05, 4.69) is 5.32 Å². The summed E-state index contributed by atoms with van der Waals surface area (Å²) < 4.78 is 27.9. The number of aryl methyl sites for hydroxylation is 2. The Morgan fingerprint density at radius 1 is 0.931 bits per heavy atom. The van der Waals surface area contributed by atoms with Gasteiger partial charge in [0.25, 0.3) is 0 Å². The Hall–Kier alpha value is -1.40. The van der Waals surface area contributed by atoms with Gasteiger partial charge in [-0.1, -0.05) is 6.07 Å². The molecule has 0 radical (unpaired) electrons. The molecule has 1 saturated heterocycles. The van der Waals surface area contributed by atoms with Gasteiger partial charge in [0.2, 0.25) is 15.9 Å². The van der Waals surface area contributed by atoms with Crippen LogP contribution in [-0.2, 0) is 27.7 Å². The van der Waals surface area contributed by atoms with Gasteiger partial charge in [-0.3, -0.25) is 4.79 Å². The first-order valence-corrected chi connectivity index (χ1v) is 12.9. The summed E-state index contributed by atoms with van der Waals surface area (Å²) in [4.78, 5) is 13.2. The molecule has 1 aromatic carbocycles. The van der Waals surface area contributed by atoms with E-state index in [0.717, 1.165) is 19.3 Å². The van der Waals surface area contributed by atoms with E-state index in [0.29, 0.717) is 48.7 Å². The minimum absolute atomic E-state index is 0.0509. The standard InChI is InChI=1S/C23H32N2O3S/c26-23(24-22(17-5-6-17)18-7-8-18)19-11-13-25(14-12-19)29(27,28)21-10-9-16-3-1-2-4-20(16)15-21/h9-10,15,17-19,22H,1-8,11-14H2,(H,24,26). The number of fused-ring (bicyclic) bond motifs is 1. The number of hydrogen-bond acceptors (Lipinski definition) is 3. The van der Waals surface area contributed by atoms with Crippen molar-refractivity contribution in [2.45, 2.75) is 75.1 Å². The molecule has 158 valence electrons. The Bertz CT molecular complexity index is 869. The average molecular weight is 417 g/mol. The predicted molar refractivity (Wildman–Crippen MR) is 112 cm³/mol. The SMILES string of the molecule is O=C(NC(C1CC1)C1CC1)C1CCN(S(=O)(=O)c2ccc3c(c2)CCCC3)CC1. The van der Waals surface area contributed by atoms with Crippen LogP contribution in [-0.4, -0.2) is 37.8 Å². The van der Waals surface area contributed by atoms with Gasteiger partial charge in [-0.25, -0.2) is 8.42 Å². The van der Waals surface area contributed by atoms with Crippen LogP contribution in [0.25, 0.3) is 0 Å². The summed E-state index contributed by atoms with van der Waals surface area (Å²) in [7, 11) is -3.47. The molecule has 5 nitrogen and oxygen atoms in total. The third-order valence-electron chi connectivity index (χ3n) is 7.35. The van der Waals surface area contributed by atoms with Gasteiger partial charge in [-0.05, 0) is 99.3 Å². The molecule has 6 heteroatoms. The summed E-state index contributed by atoms with van der Waals surface area (Å²) in [5.74, 6) is 1.48. The third-order valence-corrected chi connectivity index (χ3v) is 9.25. The zero-order valence-corrected chi connectivity index (χ0v) is 17.9. The lowest BCUT2D eigenvalue weighted by molar-refractivity contribution is -0.127. The van der Waals surface area contributed by atoms with Crippen LogP contribution in [0.5, 0.6) is 0 Å². The lowest BCUT2D eigenvalue weighted by Crippen LogP contribution is -2.46. The van der Waals surface area contributed by atoms with Gasteiger partial charge in [0.05, 0.1) is 4.90 Å². The number of amides is 1. The fraction of sp³-hybridized carbons (Fsp3) is 0.696. The van der Waals surface area contributed by atoms with Gasteiger partial charge in [0, 0.05) is 25.0 Å². The number of carbonyl (C=O) groups excluding carboxylic acids is 1. The summed E-state index contributed by atoms with van der Waals surface area (Å²) in [5.41, 5.74) is 2.49. The van der Waals surface area contributed by atoms with Crippen molar-refractivity contribution in [2.75, 3.05) is 13.1 Å². The summed E-state index contributed by atoms with van der Waals surface area (Å²) in [6.45, 7) is 0.879. The summed E-state index contributed by atoms with van der Waals surface area (Å²) in [5, 5.41) is 3.32. The maximum Gasteiger partial charge on any atom is 0.243 e. The number of benzene rings is 1. The van der Waals surface area contributed by atoms with E-state index in [1.165, 1.54) is 43.2 Å². The molecule has 0 aromatic heterocycles. The van der Waals surface area contributed by atoms with E-state index < -0.39 is 10.0 Å². The average Bonchev–Trinajstić information content (AvgIpc) is 3.65. The first-order valence-electron chi connectivity index (χ1n) is 11.4. The van der Waals surface area contributed by atoms with E-state index in [1.54, 1.807) is 10.4 Å². The van der Waals surface area contributed by atoms with Gasteiger partial charge in [0.15, 0.2) is 0 Å². The molecule has 0 bridgehead atoms. The van der Waals surface area contributed by atoms with Gasteiger partial charge in [0.1, 0.15) is 0 Å². The number of hydrogen-bond donors (Lipinski definition) is 1. The summed E-state index contributed by atoms with van der Waals surface area (Å²) in [6.07, 6.45) is 10.6. The minimum atomic E-state index is -3.47. The van der Waals surface area contributed by atoms with Crippen molar-refractivity contribution in [3.63, 3.8) is 0 Å². The number of carbonyl (C=O) groups is 1. The van der Waals surface area contributed by atoms with Crippen LogP contribution < -0.4 is 5.32 Å². The zero-order valence-electron chi connectivity index (χ0n) is 17.1. The van der Waals surface area contributed by atoms with Crippen molar-refractivity contribution in [1.82, 2.24) is 9.62 Å². The molecule has 1 N–H and O–H groups in total. The minimum Gasteiger partial charge on any atom is -0.353 e. The molecule has 0 unspecified atom stereocenters. The molecule has 4 aliphatic rings.